The number of carbonyl (C=O) groups excluding carboxylic acids is 6. The van der Waals surface area contributed by atoms with Gasteiger partial charge in [0.15, 0.2) is 11.6 Å². The molecule has 0 aliphatic carbocycles. The zero-order chi connectivity index (χ0) is 48.7. The van der Waals surface area contributed by atoms with Crippen LogP contribution in [0.3, 0.4) is 0 Å². The molecule has 354 valence electrons. The molecule has 16 heteroatoms. The molecule has 5 rings (SSSR count). The Bertz CT molecular complexity index is 2520. The number of hydrogen-bond donors (Lipinski definition) is 0. The van der Waals surface area contributed by atoms with E-state index in [0.717, 1.165) is 69.6 Å². The Labute approximate surface area is 391 Å². The van der Waals surface area contributed by atoms with Crippen LogP contribution in [-0.2, 0) is 19.1 Å². The standard InChI is InChI=1S/C52H48F2O14/c1-3-45(55)63-33-11-7-5-9-31-61-39-21-13-35(14-22-39)49(57)65-41-25-17-37(18-26-41)51(59)67-44-30-29-43(53)47(54)48(44)68-52(60)38-19-27-42(28-20-38)66-50(58)36-15-23-40(24-16-36)62-32-10-6-8-12-34-64-46(56)4-2/h3-4,13-30H,1-2,5-12,31-34H2. The molecule has 0 amide bonds. The summed E-state index contributed by atoms with van der Waals surface area (Å²) in [5.74, 6) is -7.70. The molecule has 0 radical (unpaired) electrons. The molecule has 0 N–H and O–H groups in total. The molecule has 0 saturated heterocycles. The van der Waals surface area contributed by atoms with Crippen LogP contribution in [0.5, 0.6) is 34.5 Å². The van der Waals surface area contributed by atoms with Crippen LogP contribution in [0.1, 0.15) is 92.8 Å². The summed E-state index contributed by atoms with van der Waals surface area (Å²) in [7, 11) is 0. The first-order valence-electron chi connectivity index (χ1n) is 21.5. The van der Waals surface area contributed by atoms with Crippen molar-refractivity contribution in [1.82, 2.24) is 0 Å². The molecule has 5 aromatic rings. The maximum atomic E-state index is 15.0. The Morgan fingerprint density at radius 2 is 0.735 bits per heavy atom. The molecule has 0 saturated carbocycles. The summed E-state index contributed by atoms with van der Waals surface area (Å²) in [5, 5.41) is 0. The van der Waals surface area contributed by atoms with Crippen molar-refractivity contribution in [1.29, 1.82) is 0 Å². The fraction of sp³-hybridized carbons (Fsp3) is 0.231. The van der Waals surface area contributed by atoms with Crippen LogP contribution < -0.4 is 28.4 Å². The van der Waals surface area contributed by atoms with E-state index < -0.39 is 58.9 Å². The van der Waals surface area contributed by atoms with Crippen molar-refractivity contribution >= 4 is 35.8 Å². The molecule has 0 bridgehead atoms. The highest BCUT2D eigenvalue weighted by Gasteiger charge is 2.24. The highest BCUT2D eigenvalue weighted by Crippen LogP contribution is 2.34. The number of hydrogen-bond acceptors (Lipinski definition) is 14. The molecule has 0 unspecified atom stereocenters. The van der Waals surface area contributed by atoms with Crippen LogP contribution in [0.2, 0.25) is 0 Å². The van der Waals surface area contributed by atoms with Gasteiger partial charge in [0.25, 0.3) is 0 Å². The number of rotatable bonds is 26. The van der Waals surface area contributed by atoms with E-state index in [4.69, 9.17) is 37.9 Å². The van der Waals surface area contributed by atoms with Gasteiger partial charge in [-0.05, 0) is 161 Å². The molecule has 0 heterocycles. The fourth-order valence-electron chi connectivity index (χ4n) is 5.98. The third-order valence-corrected chi connectivity index (χ3v) is 9.63. The van der Waals surface area contributed by atoms with E-state index in [9.17, 15) is 33.2 Å². The van der Waals surface area contributed by atoms with Crippen molar-refractivity contribution < 1.29 is 75.4 Å². The first-order valence-corrected chi connectivity index (χ1v) is 21.5. The topological polar surface area (TPSA) is 176 Å². The lowest BCUT2D eigenvalue weighted by Crippen LogP contribution is -2.14. The van der Waals surface area contributed by atoms with Crippen LogP contribution in [0, 0.1) is 11.6 Å². The Morgan fingerprint density at radius 3 is 1.12 bits per heavy atom. The van der Waals surface area contributed by atoms with E-state index in [-0.39, 0.29) is 33.8 Å². The molecule has 0 atom stereocenters. The van der Waals surface area contributed by atoms with E-state index in [1.165, 1.54) is 72.8 Å². The predicted molar refractivity (Wildman–Crippen MR) is 242 cm³/mol. The van der Waals surface area contributed by atoms with Crippen molar-refractivity contribution in [3.63, 3.8) is 0 Å². The monoisotopic (exact) mass is 934 g/mol. The van der Waals surface area contributed by atoms with Gasteiger partial charge in [0, 0.05) is 12.2 Å². The summed E-state index contributed by atoms with van der Waals surface area (Å²) >= 11 is 0. The van der Waals surface area contributed by atoms with Crippen LogP contribution in [0.4, 0.5) is 8.78 Å². The van der Waals surface area contributed by atoms with Crippen molar-refractivity contribution in [3.05, 3.63) is 168 Å². The quantitative estimate of drug-likeness (QED) is 0.0221. The summed E-state index contributed by atoms with van der Waals surface area (Å²) in [6.45, 7) is 8.30. The van der Waals surface area contributed by atoms with Gasteiger partial charge in [-0.2, -0.15) is 4.39 Å². The zero-order valence-electron chi connectivity index (χ0n) is 36.9. The van der Waals surface area contributed by atoms with Gasteiger partial charge in [-0.15, -0.1) is 0 Å². The molecule has 5 aromatic carbocycles. The minimum Gasteiger partial charge on any atom is -0.494 e. The van der Waals surface area contributed by atoms with Gasteiger partial charge in [-0.25, -0.2) is 33.2 Å². The lowest BCUT2D eigenvalue weighted by Gasteiger charge is -2.12. The van der Waals surface area contributed by atoms with Crippen LogP contribution >= 0.6 is 0 Å². The van der Waals surface area contributed by atoms with Crippen molar-refractivity contribution in [2.45, 2.75) is 51.4 Å². The summed E-state index contributed by atoms with van der Waals surface area (Å²) in [4.78, 5) is 73.8. The molecular formula is C52H48F2O14. The van der Waals surface area contributed by atoms with Gasteiger partial charge in [0.1, 0.15) is 23.0 Å². The second kappa shape index (κ2) is 26.7. The smallest absolute Gasteiger partial charge is 0.343 e. The molecule has 0 fully saturated rings. The zero-order valence-corrected chi connectivity index (χ0v) is 36.9. The Kier molecular flexibility index (Phi) is 20.0. The van der Waals surface area contributed by atoms with Crippen molar-refractivity contribution in [2.24, 2.45) is 0 Å². The molecule has 0 aliphatic heterocycles. The SMILES string of the molecule is C=CC(=O)OCCCCCCOc1ccc(C(=O)Oc2ccc(C(=O)Oc3ccc(F)c(F)c3OC(=O)c3ccc(OC(=O)c4ccc(OCCCCCCOC(=O)C=C)cc4)cc3)cc2)cc1. The average molecular weight is 935 g/mol. The summed E-state index contributed by atoms with van der Waals surface area (Å²) in [6.07, 6.45) is 8.80. The third kappa shape index (κ3) is 16.4. The molecule has 0 aromatic heterocycles. The van der Waals surface area contributed by atoms with E-state index >= 15 is 4.39 Å². The molecule has 68 heavy (non-hydrogen) atoms. The molecular weight excluding hydrogens is 887 g/mol. The van der Waals surface area contributed by atoms with Gasteiger partial charge < -0.3 is 37.9 Å². The molecule has 0 aliphatic rings. The van der Waals surface area contributed by atoms with Crippen LogP contribution in [0.15, 0.2) is 135 Å². The van der Waals surface area contributed by atoms with Gasteiger partial charge in [-0.1, -0.05) is 13.2 Å². The third-order valence-electron chi connectivity index (χ3n) is 9.63. The van der Waals surface area contributed by atoms with E-state index in [0.29, 0.717) is 44.0 Å². The number of unbranched alkanes of at least 4 members (excludes halogenated alkanes) is 6. The largest absolute Gasteiger partial charge is 0.494 e. The summed E-state index contributed by atoms with van der Waals surface area (Å²) in [6, 6.07) is 24.5. The predicted octanol–water partition coefficient (Wildman–Crippen LogP) is 10.2. The minimum absolute atomic E-state index is 0.0656. The summed E-state index contributed by atoms with van der Waals surface area (Å²) < 4.78 is 72.0. The van der Waals surface area contributed by atoms with Gasteiger partial charge in [0.05, 0.1) is 48.7 Å². The van der Waals surface area contributed by atoms with Gasteiger partial charge in [-0.3, -0.25) is 0 Å². The van der Waals surface area contributed by atoms with E-state index in [2.05, 4.69) is 13.2 Å². The maximum Gasteiger partial charge on any atom is 0.343 e. The van der Waals surface area contributed by atoms with E-state index in [1.54, 1.807) is 24.3 Å². The first kappa shape index (κ1) is 50.9. The maximum absolute atomic E-state index is 15.0. The van der Waals surface area contributed by atoms with Crippen molar-refractivity contribution in [3.8, 4) is 34.5 Å². The second-order valence-corrected chi connectivity index (χ2v) is 14.6. The first-order chi connectivity index (χ1) is 32.9. The van der Waals surface area contributed by atoms with Gasteiger partial charge in [0.2, 0.25) is 11.6 Å². The average Bonchev–Trinajstić information content (AvgIpc) is 3.35. The lowest BCUT2D eigenvalue weighted by molar-refractivity contribution is -0.138. The fourth-order valence-corrected chi connectivity index (χ4v) is 5.98. The Balaban J connectivity index is 1.06. The van der Waals surface area contributed by atoms with Gasteiger partial charge >= 0.3 is 35.8 Å². The lowest BCUT2D eigenvalue weighted by atomic mass is 10.2. The van der Waals surface area contributed by atoms with E-state index in [1.807, 2.05) is 0 Å². The number of esters is 6. The van der Waals surface area contributed by atoms with Crippen molar-refractivity contribution in [2.75, 3.05) is 26.4 Å². The number of ether oxygens (including phenoxy) is 8. The minimum atomic E-state index is -1.59. The van der Waals surface area contributed by atoms with Crippen LogP contribution in [-0.4, -0.2) is 62.2 Å². The highest BCUT2D eigenvalue weighted by atomic mass is 19.2. The molecule has 0 spiro atoms. The number of carbonyl (C=O) groups is 6. The highest BCUT2D eigenvalue weighted by molar-refractivity contribution is 5.95. The summed E-state index contributed by atoms with van der Waals surface area (Å²) in [5.41, 5.74) is 0.264. The Morgan fingerprint density at radius 1 is 0.397 bits per heavy atom. The number of halogens is 2. The molecule has 14 nitrogen and oxygen atoms in total. The second-order valence-electron chi connectivity index (χ2n) is 14.6. The number of benzene rings is 5. The Hall–Kier alpha value is -8.14. The van der Waals surface area contributed by atoms with Crippen LogP contribution in [0.25, 0.3) is 0 Å². The normalized spacial score (nSPS) is 10.5.